The highest BCUT2D eigenvalue weighted by molar-refractivity contribution is 5.79. The minimum absolute atomic E-state index is 0.0806. The Labute approximate surface area is 96.0 Å². The van der Waals surface area contributed by atoms with Gasteiger partial charge in [0.15, 0.2) is 0 Å². The first-order valence-corrected chi connectivity index (χ1v) is 5.89. The predicted molar refractivity (Wildman–Crippen MR) is 59.9 cm³/mol. The molecule has 0 aliphatic carbocycles. The smallest absolute Gasteiger partial charge is 0.237 e. The monoisotopic (exact) mass is 232 g/mol. The summed E-state index contributed by atoms with van der Waals surface area (Å²) in [6.45, 7) is 5.88. The minimum Gasteiger partial charge on any atom is -0.394 e. The van der Waals surface area contributed by atoms with Crippen molar-refractivity contribution >= 4 is 5.91 Å². The maximum Gasteiger partial charge on any atom is 0.237 e. The van der Waals surface area contributed by atoms with Crippen molar-refractivity contribution in [2.24, 2.45) is 0 Å². The number of rotatable bonds is 5. The van der Waals surface area contributed by atoms with E-state index >= 15 is 0 Å². The van der Waals surface area contributed by atoms with E-state index in [-0.39, 0.29) is 31.5 Å². The van der Waals surface area contributed by atoms with Gasteiger partial charge in [-0.1, -0.05) is 13.8 Å². The van der Waals surface area contributed by atoms with Gasteiger partial charge in [-0.3, -0.25) is 9.69 Å². The van der Waals surface area contributed by atoms with Crippen molar-refractivity contribution in [1.82, 2.24) is 9.80 Å². The standard InChI is InChI=1S/C11H21FN2O2/c1-3-13(4-2)7-11(16)14-6-9(12)5-10(14)8-15/h9-10,15H,3-8H2,1-2H3/t9-,10-/m0/s1. The molecule has 1 N–H and O–H groups in total. The van der Waals surface area contributed by atoms with Crippen LogP contribution in [0, 0.1) is 0 Å². The normalized spacial score (nSPS) is 25.4. The van der Waals surface area contributed by atoms with E-state index in [4.69, 9.17) is 5.11 Å². The fourth-order valence-corrected chi connectivity index (χ4v) is 2.07. The minimum atomic E-state index is -0.988. The number of amides is 1. The molecule has 0 aromatic rings. The molecule has 1 saturated heterocycles. The molecule has 0 aromatic carbocycles. The van der Waals surface area contributed by atoms with E-state index in [1.54, 1.807) is 0 Å². The number of carbonyl (C=O) groups excluding carboxylic acids is 1. The van der Waals surface area contributed by atoms with Crippen LogP contribution >= 0.6 is 0 Å². The lowest BCUT2D eigenvalue weighted by Gasteiger charge is -2.26. The highest BCUT2D eigenvalue weighted by Gasteiger charge is 2.34. The van der Waals surface area contributed by atoms with Crippen LogP contribution in [0.25, 0.3) is 0 Å². The molecule has 1 rings (SSSR count). The molecule has 16 heavy (non-hydrogen) atoms. The van der Waals surface area contributed by atoms with E-state index in [2.05, 4.69) is 0 Å². The fraction of sp³-hybridized carbons (Fsp3) is 0.909. The van der Waals surface area contributed by atoms with Crippen molar-refractivity contribution < 1.29 is 14.3 Å². The molecular weight excluding hydrogens is 211 g/mol. The molecule has 1 aliphatic rings. The second-order valence-electron chi connectivity index (χ2n) is 4.18. The SMILES string of the molecule is CCN(CC)CC(=O)N1C[C@@H](F)C[C@H]1CO. The molecule has 0 radical (unpaired) electrons. The first kappa shape index (κ1) is 13.4. The second kappa shape index (κ2) is 6.15. The summed E-state index contributed by atoms with van der Waals surface area (Å²) in [6.07, 6.45) is -0.724. The molecule has 0 aromatic heterocycles. The lowest BCUT2D eigenvalue weighted by Crippen LogP contribution is -2.44. The Morgan fingerprint density at radius 3 is 2.62 bits per heavy atom. The molecule has 2 atom stereocenters. The van der Waals surface area contributed by atoms with Gasteiger partial charge in [0.05, 0.1) is 25.7 Å². The molecule has 0 spiro atoms. The molecule has 5 heteroatoms. The Balaban J connectivity index is 2.52. The van der Waals surface area contributed by atoms with Gasteiger partial charge >= 0.3 is 0 Å². The average Bonchev–Trinajstić information content (AvgIpc) is 2.67. The van der Waals surface area contributed by atoms with Crippen molar-refractivity contribution in [2.75, 3.05) is 32.8 Å². The summed E-state index contributed by atoms with van der Waals surface area (Å²) in [5.74, 6) is -0.0806. The number of halogens is 1. The highest BCUT2D eigenvalue weighted by atomic mass is 19.1. The molecule has 94 valence electrons. The zero-order chi connectivity index (χ0) is 12.1. The van der Waals surface area contributed by atoms with E-state index < -0.39 is 6.17 Å². The third kappa shape index (κ3) is 3.15. The summed E-state index contributed by atoms with van der Waals surface area (Å²) in [7, 11) is 0. The van der Waals surface area contributed by atoms with Crippen LogP contribution in [0.1, 0.15) is 20.3 Å². The summed E-state index contributed by atoms with van der Waals surface area (Å²) in [5.41, 5.74) is 0. The third-order valence-corrected chi connectivity index (χ3v) is 3.15. The van der Waals surface area contributed by atoms with Gasteiger partial charge in [0.25, 0.3) is 0 Å². The molecule has 1 heterocycles. The van der Waals surface area contributed by atoms with Gasteiger partial charge in [0, 0.05) is 6.42 Å². The van der Waals surface area contributed by atoms with E-state index in [0.29, 0.717) is 6.54 Å². The van der Waals surface area contributed by atoms with Crippen LogP contribution in [0.4, 0.5) is 4.39 Å². The van der Waals surface area contributed by atoms with Crippen LogP contribution in [0.15, 0.2) is 0 Å². The number of aliphatic hydroxyl groups excluding tert-OH is 1. The molecule has 4 nitrogen and oxygen atoms in total. The van der Waals surface area contributed by atoms with Crippen molar-refractivity contribution in [3.05, 3.63) is 0 Å². The Kier molecular flexibility index (Phi) is 5.15. The Hall–Kier alpha value is -0.680. The maximum absolute atomic E-state index is 13.2. The van der Waals surface area contributed by atoms with E-state index in [1.807, 2.05) is 18.7 Å². The number of hydrogen-bond acceptors (Lipinski definition) is 3. The van der Waals surface area contributed by atoms with Gasteiger partial charge in [-0.05, 0) is 13.1 Å². The third-order valence-electron chi connectivity index (χ3n) is 3.15. The van der Waals surface area contributed by atoms with Crippen LogP contribution < -0.4 is 0 Å². The maximum atomic E-state index is 13.2. The first-order chi connectivity index (χ1) is 7.62. The Morgan fingerprint density at radius 1 is 1.50 bits per heavy atom. The van der Waals surface area contributed by atoms with Crippen LogP contribution in [0.3, 0.4) is 0 Å². The van der Waals surface area contributed by atoms with E-state index in [0.717, 1.165) is 13.1 Å². The van der Waals surface area contributed by atoms with E-state index in [1.165, 1.54) is 4.90 Å². The van der Waals surface area contributed by atoms with Crippen molar-refractivity contribution in [2.45, 2.75) is 32.5 Å². The summed E-state index contributed by atoms with van der Waals surface area (Å²) in [4.78, 5) is 15.4. The number of aliphatic hydroxyl groups is 1. The zero-order valence-corrected chi connectivity index (χ0v) is 10.0. The zero-order valence-electron chi connectivity index (χ0n) is 10.0. The topological polar surface area (TPSA) is 43.8 Å². The lowest BCUT2D eigenvalue weighted by atomic mass is 10.2. The largest absolute Gasteiger partial charge is 0.394 e. The number of alkyl halides is 1. The predicted octanol–water partition coefficient (Wildman–Crippen LogP) is 0.259. The average molecular weight is 232 g/mol. The van der Waals surface area contributed by atoms with Gasteiger partial charge < -0.3 is 10.0 Å². The molecular formula is C11H21FN2O2. The van der Waals surface area contributed by atoms with Gasteiger partial charge in [0.1, 0.15) is 6.17 Å². The Bertz CT molecular complexity index is 234. The van der Waals surface area contributed by atoms with Gasteiger partial charge in [-0.15, -0.1) is 0 Å². The first-order valence-electron chi connectivity index (χ1n) is 5.89. The molecule has 1 aliphatic heterocycles. The molecule has 0 saturated carbocycles. The van der Waals surface area contributed by atoms with Gasteiger partial charge in [-0.25, -0.2) is 4.39 Å². The van der Waals surface area contributed by atoms with Crippen LogP contribution in [0.5, 0.6) is 0 Å². The molecule has 1 fully saturated rings. The fourth-order valence-electron chi connectivity index (χ4n) is 2.07. The lowest BCUT2D eigenvalue weighted by molar-refractivity contribution is -0.134. The quantitative estimate of drug-likeness (QED) is 0.739. The summed E-state index contributed by atoms with van der Waals surface area (Å²) < 4.78 is 13.2. The number of likely N-dealkylation sites (tertiary alicyclic amines) is 1. The van der Waals surface area contributed by atoms with Crippen molar-refractivity contribution in [1.29, 1.82) is 0 Å². The summed E-state index contributed by atoms with van der Waals surface area (Å²) in [5, 5.41) is 9.08. The summed E-state index contributed by atoms with van der Waals surface area (Å²) in [6, 6.07) is -0.335. The number of carbonyl (C=O) groups is 1. The van der Waals surface area contributed by atoms with Gasteiger partial charge in [-0.2, -0.15) is 0 Å². The Morgan fingerprint density at radius 2 is 2.12 bits per heavy atom. The van der Waals surface area contributed by atoms with E-state index in [9.17, 15) is 9.18 Å². The highest BCUT2D eigenvalue weighted by Crippen LogP contribution is 2.20. The van der Waals surface area contributed by atoms with Crippen LogP contribution in [-0.2, 0) is 4.79 Å². The van der Waals surface area contributed by atoms with Crippen LogP contribution in [0.2, 0.25) is 0 Å². The number of nitrogens with zero attached hydrogens (tertiary/aromatic N) is 2. The van der Waals surface area contributed by atoms with Crippen molar-refractivity contribution in [3.8, 4) is 0 Å². The number of likely N-dealkylation sites (N-methyl/N-ethyl adjacent to an activating group) is 1. The molecule has 0 unspecified atom stereocenters. The number of hydrogen-bond donors (Lipinski definition) is 1. The van der Waals surface area contributed by atoms with Crippen molar-refractivity contribution in [3.63, 3.8) is 0 Å². The molecule has 0 bridgehead atoms. The molecule has 1 amide bonds. The van der Waals surface area contributed by atoms with Gasteiger partial charge in [0.2, 0.25) is 5.91 Å². The van der Waals surface area contributed by atoms with Crippen LogP contribution in [-0.4, -0.2) is 65.8 Å². The second-order valence-corrected chi connectivity index (χ2v) is 4.18. The summed E-state index contributed by atoms with van der Waals surface area (Å²) >= 11 is 0.